The Kier molecular flexibility index (Phi) is 6.28. The van der Waals surface area contributed by atoms with Crippen LogP contribution in [0.2, 0.25) is 0 Å². The molecule has 0 amide bonds. The maximum atomic E-state index is 11.5. The minimum Gasteiger partial charge on any atom is -0.505 e. The smallest absolute Gasteiger partial charge is 0.146 e. The summed E-state index contributed by atoms with van der Waals surface area (Å²) in [6, 6.07) is 20.7. The van der Waals surface area contributed by atoms with Crippen LogP contribution in [0.4, 0.5) is 0 Å². The molecule has 0 aliphatic carbocycles. The Balaban J connectivity index is 1.91. The Bertz CT molecular complexity index is 1280. The first-order valence-corrected chi connectivity index (χ1v) is 12.3. The van der Waals surface area contributed by atoms with Crippen molar-refractivity contribution >= 4 is 11.0 Å². The van der Waals surface area contributed by atoms with Crippen LogP contribution in [-0.4, -0.2) is 20.1 Å². The van der Waals surface area contributed by atoms with Gasteiger partial charge in [-0.05, 0) is 58.6 Å². The van der Waals surface area contributed by atoms with Crippen molar-refractivity contribution < 1.29 is 5.11 Å². The molecule has 34 heavy (non-hydrogen) atoms. The molecule has 0 fully saturated rings. The first-order valence-electron chi connectivity index (χ1n) is 12.3. The average Bonchev–Trinajstić information content (AvgIpc) is 3.21. The molecule has 4 aromatic rings. The number of aromatic nitrogens is 3. The molecule has 0 bridgehead atoms. The molecule has 1 aromatic heterocycles. The van der Waals surface area contributed by atoms with Gasteiger partial charge in [-0.3, -0.25) is 0 Å². The Labute approximate surface area is 203 Å². The van der Waals surface area contributed by atoms with Gasteiger partial charge in [0.2, 0.25) is 0 Å². The molecule has 0 saturated heterocycles. The van der Waals surface area contributed by atoms with E-state index in [1.54, 1.807) is 4.80 Å². The number of rotatable bonds is 6. The Morgan fingerprint density at radius 1 is 0.882 bits per heavy atom. The minimum atomic E-state index is -0.0903. The normalized spacial score (nSPS) is 13.4. The summed E-state index contributed by atoms with van der Waals surface area (Å²) in [5.74, 6) is 0.269. The molecule has 0 aliphatic heterocycles. The number of benzene rings is 3. The fourth-order valence-corrected chi connectivity index (χ4v) is 5.17. The highest BCUT2D eigenvalue weighted by atomic mass is 16.3. The third-order valence-electron chi connectivity index (χ3n) is 6.70. The molecule has 4 rings (SSSR count). The van der Waals surface area contributed by atoms with E-state index in [1.807, 2.05) is 24.3 Å². The highest BCUT2D eigenvalue weighted by molar-refractivity contribution is 5.74. The molecule has 1 heterocycles. The monoisotopic (exact) mass is 455 g/mol. The Hall–Kier alpha value is -3.14. The van der Waals surface area contributed by atoms with E-state index in [-0.39, 0.29) is 22.5 Å². The van der Waals surface area contributed by atoms with Crippen LogP contribution < -0.4 is 0 Å². The summed E-state index contributed by atoms with van der Waals surface area (Å²) in [6.45, 7) is 15.7. The molecule has 4 heteroatoms. The van der Waals surface area contributed by atoms with E-state index in [9.17, 15) is 5.11 Å². The topological polar surface area (TPSA) is 50.9 Å². The number of aromatic hydroxyl groups is 1. The van der Waals surface area contributed by atoms with E-state index in [0.717, 1.165) is 29.4 Å². The number of aryl methyl sites for hydroxylation is 1. The van der Waals surface area contributed by atoms with Crippen LogP contribution in [0.5, 0.6) is 5.75 Å². The lowest BCUT2D eigenvalue weighted by atomic mass is 9.71. The zero-order valence-electron chi connectivity index (χ0n) is 21.6. The standard InChI is InChI=1S/C30H37N3O/c1-8-21-12-11-13-22(16-21)20(2)24-17-23(30(6,7)19-29(3,4)5)18-27(28(24)34)33-31-25-14-9-10-15-26(25)32-33/h9-18,20,34H,8,19H2,1-7H3. The number of phenols is 1. The molecule has 0 radical (unpaired) electrons. The van der Waals surface area contributed by atoms with Crippen molar-refractivity contribution in [3.05, 3.63) is 82.9 Å². The molecule has 1 unspecified atom stereocenters. The van der Waals surface area contributed by atoms with E-state index >= 15 is 0 Å². The van der Waals surface area contributed by atoms with Crippen LogP contribution in [0.3, 0.4) is 0 Å². The summed E-state index contributed by atoms with van der Waals surface area (Å²) >= 11 is 0. The van der Waals surface area contributed by atoms with Crippen LogP contribution >= 0.6 is 0 Å². The summed E-state index contributed by atoms with van der Waals surface area (Å²) < 4.78 is 0. The van der Waals surface area contributed by atoms with Gasteiger partial charge in [0.1, 0.15) is 22.5 Å². The highest BCUT2D eigenvalue weighted by Gasteiger charge is 2.30. The second kappa shape index (κ2) is 8.90. The van der Waals surface area contributed by atoms with Gasteiger partial charge in [-0.15, -0.1) is 15.0 Å². The second-order valence-electron chi connectivity index (χ2n) is 11.4. The van der Waals surface area contributed by atoms with Crippen LogP contribution in [0.1, 0.15) is 83.1 Å². The zero-order chi connectivity index (χ0) is 24.7. The quantitative estimate of drug-likeness (QED) is 0.326. The summed E-state index contributed by atoms with van der Waals surface area (Å²) in [7, 11) is 0. The van der Waals surface area contributed by atoms with Crippen LogP contribution in [-0.2, 0) is 11.8 Å². The van der Waals surface area contributed by atoms with Gasteiger partial charge in [0, 0.05) is 11.5 Å². The van der Waals surface area contributed by atoms with E-state index in [4.69, 9.17) is 0 Å². The molecular formula is C30H37N3O. The van der Waals surface area contributed by atoms with Crippen molar-refractivity contribution in [1.82, 2.24) is 15.0 Å². The fourth-order valence-electron chi connectivity index (χ4n) is 5.17. The lowest BCUT2D eigenvalue weighted by Crippen LogP contribution is -2.25. The largest absolute Gasteiger partial charge is 0.505 e. The Morgan fingerprint density at radius 3 is 2.12 bits per heavy atom. The number of hydrogen-bond acceptors (Lipinski definition) is 3. The summed E-state index contributed by atoms with van der Waals surface area (Å²) in [5, 5.41) is 20.9. The van der Waals surface area contributed by atoms with Crippen molar-refractivity contribution in [2.45, 2.75) is 72.6 Å². The molecule has 1 atom stereocenters. The summed E-state index contributed by atoms with van der Waals surface area (Å²) in [6.07, 6.45) is 2.00. The van der Waals surface area contributed by atoms with Crippen LogP contribution in [0.25, 0.3) is 16.7 Å². The average molecular weight is 456 g/mol. The van der Waals surface area contributed by atoms with Crippen LogP contribution in [0, 0.1) is 5.41 Å². The predicted molar refractivity (Wildman–Crippen MR) is 141 cm³/mol. The van der Waals surface area contributed by atoms with Crippen molar-refractivity contribution in [3.63, 3.8) is 0 Å². The number of fused-ring (bicyclic) bond motifs is 1. The van der Waals surface area contributed by atoms with Crippen LogP contribution in [0.15, 0.2) is 60.7 Å². The van der Waals surface area contributed by atoms with Gasteiger partial charge in [-0.2, -0.15) is 0 Å². The Morgan fingerprint density at radius 2 is 1.53 bits per heavy atom. The van der Waals surface area contributed by atoms with E-state index in [0.29, 0.717) is 5.69 Å². The lowest BCUT2D eigenvalue weighted by molar-refractivity contribution is 0.283. The van der Waals surface area contributed by atoms with Gasteiger partial charge in [0.25, 0.3) is 0 Å². The van der Waals surface area contributed by atoms with E-state index in [2.05, 4.69) is 95.1 Å². The lowest BCUT2D eigenvalue weighted by Gasteiger charge is -2.34. The molecule has 3 aromatic carbocycles. The van der Waals surface area contributed by atoms with Crippen molar-refractivity contribution in [2.24, 2.45) is 5.41 Å². The number of nitrogens with zero attached hydrogens (tertiary/aromatic N) is 3. The third-order valence-corrected chi connectivity index (χ3v) is 6.70. The predicted octanol–water partition coefficient (Wildman–Crippen LogP) is 7.55. The van der Waals surface area contributed by atoms with E-state index in [1.165, 1.54) is 16.7 Å². The zero-order valence-corrected chi connectivity index (χ0v) is 21.6. The van der Waals surface area contributed by atoms with Crippen molar-refractivity contribution in [1.29, 1.82) is 0 Å². The van der Waals surface area contributed by atoms with Gasteiger partial charge in [-0.1, -0.05) is 90.9 Å². The van der Waals surface area contributed by atoms with Crippen molar-refractivity contribution in [3.8, 4) is 11.4 Å². The van der Waals surface area contributed by atoms with Gasteiger partial charge in [0.05, 0.1) is 0 Å². The summed E-state index contributed by atoms with van der Waals surface area (Å²) in [5.41, 5.74) is 6.92. The van der Waals surface area contributed by atoms with Crippen molar-refractivity contribution in [2.75, 3.05) is 0 Å². The number of hydrogen-bond donors (Lipinski definition) is 1. The minimum absolute atomic E-state index is 0.0283. The molecule has 1 N–H and O–H groups in total. The molecule has 178 valence electrons. The first-order chi connectivity index (χ1) is 16.0. The molecule has 4 nitrogen and oxygen atoms in total. The number of phenolic OH excluding ortho intramolecular Hbond substituents is 1. The molecular weight excluding hydrogens is 418 g/mol. The molecule has 0 spiro atoms. The maximum absolute atomic E-state index is 11.5. The van der Waals surface area contributed by atoms with Gasteiger partial charge < -0.3 is 5.11 Å². The fraction of sp³-hybridized carbons (Fsp3) is 0.400. The SMILES string of the molecule is CCc1cccc(C(C)c2cc(C(C)(C)CC(C)(C)C)cc(-n3nc4ccccc4n3)c2O)c1. The molecule has 0 saturated carbocycles. The molecule has 0 aliphatic rings. The summed E-state index contributed by atoms with van der Waals surface area (Å²) in [4.78, 5) is 1.59. The maximum Gasteiger partial charge on any atom is 0.146 e. The van der Waals surface area contributed by atoms with E-state index < -0.39 is 0 Å². The second-order valence-corrected chi connectivity index (χ2v) is 11.4. The van der Waals surface area contributed by atoms with Gasteiger partial charge in [-0.25, -0.2) is 0 Å². The first kappa shape index (κ1) is 24.0. The van der Waals surface area contributed by atoms with Gasteiger partial charge in [0.15, 0.2) is 0 Å². The third kappa shape index (κ3) is 4.86. The highest BCUT2D eigenvalue weighted by Crippen LogP contribution is 2.42. The van der Waals surface area contributed by atoms with Gasteiger partial charge >= 0.3 is 0 Å².